The first-order valence-electron chi connectivity index (χ1n) is 8.92. The number of rotatable bonds is 5. The zero-order valence-corrected chi connectivity index (χ0v) is 15.3. The first-order valence-corrected chi connectivity index (χ1v) is 9.91. The van der Waals surface area contributed by atoms with Gasteiger partial charge in [-0.1, -0.05) is 57.0 Å². The number of hydrogen-bond donors (Lipinski definition) is 1. The lowest BCUT2D eigenvalue weighted by Gasteiger charge is -2.36. The molecule has 1 aliphatic rings. The molecular weight excluding hydrogens is 317 g/mol. The Balaban J connectivity index is 2.02. The smallest absolute Gasteiger partial charge is 0.123 e. The summed E-state index contributed by atoms with van der Waals surface area (Å²) in [6, 6.07) is 15.7. The van der Waals surface area contributed by atoms with Crippen LogP contribution in [0.4, 0.5) is 4.39 Å². The summed E-state index contributed by atoms with van der Waals surface area (Å²) in [6.45, 7) is 4.53. The third kappa shape index (κ3) is 3.68. The van der Waals surface area contributed by atoms with Gasteiger partial charge in [-0.05, 0) is 42.2 Å². The number of halogens is 1. The summed E-state index contributed by atoms with van der Waals surface area (Å²) in [5.41, 5.74) is 2.57. The fourth-order valence-electron chi connectivity index (χ4n) is 3.45. The molecule has 2 atom stereocenters. The minimum Gasteiger partial charge on any atom is -0.300 e. The molecule has 0 spiro atoms. The SMILES string of the molecule is CCCCC1(CC)CSc2ccccc2C(c2ccc(F)cc2)N1. The van der Waals surface area contributed by atoms with E-state index in [-0.39, 0.29) is 17.4 Å². The van der Waals surface area contributed by atoms with E-state index >= 15 is 0 Å². The number of fused-ring (bicyclic) bond motifs is 1. The molecule has 3 heteroatoms. The van der Waals surface area contributed by atoms with E-state index in [1.54, 1.807) is 12.1 Å². The van der Waals surface area contributed by atoms with Crippen LogP contribution in [0.2, 0.25) is 0 Å². The topological polar surface area (TPSA) is 12.0 Å². The lowest BCUT2D eigenvalue weighted by atomic mass is 9.88. The maximum absolute atomic E-state index is 13.4. The van der Waals surface area contributed by atoms with Crippen molar-refractivity contribution >= 4 is 11.8 Å². The molecule has 3 rings (SSSR count). The molecule has 0 fully saturated rings. The van der Waals surface area contributed by atoms with Crippen LogP contribution in [-0.4, -0.2) is 11.3 Å². The minimum absolute atomic E-state index is 0.119. The van der Waals surface area contributed by atoms with E-state index in [2.05, 4.69) is 43.4 Å². The quantitative estimate of drug-likeness (QED) is 0.720. The summed E-state index contributed by atoms with van der Waals surface area (Å²) >= 11 is 1.96. The minimum atomic E-state index is -0.178. The van der Waals surface area contributed by atoms with Crippen LogP contribution in [0.5, 0.6) is 0 Å². The normalized spacial score (nSPS) is 23.5. The predicted molar refractivity (Wildman–Crippen MR) is 101 cm³/mol. The Labute approximate surface area is 149 Å². The molecule has 2 aromatic carbocycles. The fraction of sp³-hybridized carbons (Fsp3) is 0.429. The van der Waals surface area contributed by atoms with Crippen molar-refractivity contribution in [3.05, 3.63) is 65.5 Å². The van der Waals surface area contributed by atoms with E-state index in [4.69, 9.17) is 0 Å². The van der Waals surface area contributed by atoms with E-state index in [1.807, 2.05) is 23.9 Å². The number of nitrogens with one attached hydrogen (secondary N) is 1. The van der Waals surface area contributed by atoms with Gasteiger partial charge in [-0.25, -0.2) is 4.39 Å². The highest BCUT2D eigenvalue weighted by molar-refractivity contribution is 7.99. The van der Waals surface area contributed by atoms with E-state index < -0.39 is 0 Å². The maximum Gasteiger partial charge on any atom is 0.123 e. The number of hydrogen-bond acceptors (Lipinski definition) is 2. The van der Waals surface area contributed by atoms with Crippen molar-refractivity contribution in [3.8, 4) is 0 Å². The highest BCUT2D eigenvalue weighted by Gasteiger charge is 2.35. The first-order chi connectivity index (χ1) is 11.7. The first kappa shape index (κ1) is 17.5. The van der Waals surface area contributed by atoms with Crippen molar-refractivity contribution in [3.63, 3.8) is 0 Å². The zero-order valence-electron chi connectivity index (χ0n) is 14.5. The fourth-order valence-corrected chi connectivity index (χ4v) is 4.84. The van der Waals surface area contributed by atoms with Crippen LogP contribution in [0.3, 0.4) is 0 Å². The molecule has 0 saturated heterocycles. The number of thioether (sulfide) groups is 1. The van der Waals surface area contributed by atoms with E-state index in [0.717, 1.165) is 17.7 Å². The summed E-state index contributed by atoms with van der Waals surface area (Å²) in [5.74, 6) is 0.904. The molecule has 1 nitrogen and oxygen atoms in total. The Morgan fingerprint density at radius 2 is 1.88 bits per heavy atom. The number of unbranched alkanes of at least 4 members (excludes halogenated alkanes) is 1. The van der Waals surface area contributed by atoms with Gasteiger partial charge in [0.05, 0.1) is 6.04 Å². The van der Waals surface area contributed by atoms with Crippen LogP contribution in [0, 0.1) is 5.82 Å². The lowest BCUT2D eigenvalue weighted by molar-refractivity contribution is 0.298. The van der Waals surface area contributed by atoms with Crippen LogP contribution >= 0.6 is 11.8 Å². The summed E-state index contributed by atoms with van der Waals surface area (Å²) < 4.78 is 13.4. The van der Waals surface area contributed by atoms with Gasteiger partial charge in [0.2, 0.25) is 0 Å². The Bertz CT molecular complexity index is 670. The van der Waals surface area contributed by atoms with Gasteiger partial charge in [-0.2, -0.15) is 0 Å². The number of benzene rings is 2. The Morgan fingerprint density at radius 3 is 2.58 bits per heavy atom. The van der Waals surface area contributed by atoms with Crippen molar-refractivity contribution in [2.75, 3.05) is 5.75 Å². The summed E-state index contributed by atoms with van der Waals surface area (Å²) in [6.07, 6.45) is 4.72. The largest absolute Gasteiger partial charge is 0.300 e. The molecule has 0 saturated carbocycles. The summed E-state index contributed by atoms with van der Waals surface area (Å²) in [7, 11) is 0. The van der Waals surface area contributed by atoms with Crippen molar-refractivity contribution in [1.29, 1.82) is 0 Å². The second-order valence-electron chi connectivity index (χ2n) is 6.69. The summed E-state index contributed by atoms with van der Waals surface area (Å²) in [4.78, 5) is 1.34. The Hall–Kier alpha value is -1.32. The van der Waals surface area contributed by atoms with Gasteiger partial charge in [0, 0.05) is 16.2 Å². The third-order valence-electron chi connectivity index (χ3n) is 5.07. The lowest BCUT2D eigenvalue weighted by Crippen LogP contribution is -2.48. The molecule has 128 valence electrons. The summed E-state index contributed by atoms with van der Waals surface area (Å²) in [5, 5.41) is 3.96. The van der Waals surface area contributed by atoms with Crippen molar-refractivity contribution in [1.82, 2.24) is 5.32 Å². The molecule has 0 amide bonds. The van der Waals surface area contributed by atoms with Crippen LogP contribution in [0.1, 0.15) is 56.7 Å². The van der Waals surface area contributed by atoms with Crippen LogP contribution in [-0.2, 0) is 0 Å². The van der Waals surface area contributed by atoms with Gasteiger partial charge in [0.1, 0.15) is 5.82 Å². The van der Waals surface area contributed by atoms with Gasteiger partial charge in [0.15, 0.2) is 0 Å². The van der Waals surface area contributed by atoms with Crippen LogP contribution in [0.25, 0.3) is 0 Å². The van der Waals surface area contributed by atoms with Crippen molar-refractivity contribution < 1.29 is 4.39 Å². The highest BCUT2D eigenvalue weighted by atomic mass is 32.2. The van der Waals surface area contributed by atoms with Crippen molar-refractivity contribution in [2.24, 2.45) is 0 Å². The van der Waals surface area contributed by atoms with Gasteiger partial charge in [-0.15, -0.1) is 11.8 Å². The third-order valence-corrected chi connectivity index (χ3v) is 6.45. The molecule has 1 aliphatic heterocycles. The van der Waals surface area contributed by atoms with Crippen LogP contribution in [0.15, 0.2) is 53.4 Å². The van der Waals surface area contributed by atoms with Gasteiger partial charge in [-0.3, -0.25) is 5.32 Å². The molecular formula is C21H26FNS. The zero-order chi connectivity index (χ0) is 17.0. The average molecular weight is 344 g/mol. The van der Waals surface area contributed by atoms with Crippen molar-refractivity contribution in [2.45, 2.75) is 56.0 Å². The second kappa shape index (κ2) is 7.71. The standard InChI is InChI=1S/C21H26FNS/c1-3-5-14-21(4-2)15-24-19-9-7-6-8-18(19)20(23-21)16-10-12-17(22)13-11-16/h6-13,20,23H,3-5,14-15H2,1-2H3. The van der Waals surface area contributed by atoms with E-state index in [0.29, 0.717) is 0 Å². The molecule has 0 radical (unpaired) electrons. The van der Waals surface area contributed by atoms with Crippen LogP contribution < -0.4 is 5.32 Å². The molecule has 1 heterocycles. The maximum atomic E-state index is 13.4. The van der Waals surface area contributed by atoms with Gasteiger partial charge < -0.3 is 0 Å². The molecule has 24 heavy (non-hydrogen) atoms. The highest BCUT2D eigenvalue weighted by Crippen LogP contribution is 2.40. The van der Waals surface area contributed by atoms with E-state index in [1.165, 1.54) is 29.7 Å². The molecule has 0 aromatic heterocycles. The molecule has 1 N–H and O–H groups in total. The Kier molecular flexibility index (Phi) is 5.62. The second-order valence-corrected chi connectivity index (χ2v) is 7.71. The predicted octanol–water partition coefficient (Wildman–Crippen LogP) is 5.95. The molecule has 2 unspecified atom stereocenters. The average Bonchev–Trinajstić information content (AvgIpc) is 2.79. The molecule has 0 aliphatic carbocycles. The van der Waals surface area contributed by atoms with E-state index in [9.17, 15) is 4.39 Å². The molecule has 2 aromatic rings. The van der Waals surface area contributed by atoms with Gasteiger partial charge in [0.25, 0.3) is 0 Å². The molecule has 0 bridgehead atoms. The monoisotopic (exact) mass is 343 g/mol. The Morgan fingerprint density at radius 1 is 1.12 bits per heavy atom. The van der Waals surface area contributed by atoms with Gasteiger partial charge >= 0.3 is 0 Å².